The summed E-state index contributed by atoms with van der Waals surface area (Å²) in [6.45, 7) is 3.66. The second kappa shape index (κ2) is 7.34. The van der Waals surface area contributed by atoms with Crippen molar-refractivity contribution >= 4 is 23.1 Å². The highest BCUT2D eigenvalue weighted by molar-refractivity contribution is 7.12. The predicted octanol–water partition coefficient (Wildman–Crippen LogP) is 4.06. The standard InChI is InChI=1S/C21H18N4O4S/c1-12-10-18(25(24-12)21-22-14(11-30-21)15-8-5-9-27-15)23-20(26)19-13(2)28-16-6-3-4-7-17(16)29-19/h3-11,13,19H,1-2H3,(H,23,26). The Morgan fingerprint density at radius 1 is 1.17 bits per heavy atom. The minimum Gasteiger partial charge on any atom is -0.482 e. The molecule has 9 heteroatoms. The van der Waals surface area contributed by atoms with Gasteiger partial charge in [-0.15, -0.1) is 11.3 Å². The molecule has 1 N–H and O–H groups in total. The predicted molar refractivity (Wildman–Crippen MR) is 111 cm³/mol. The van der Waals surface area contributed by atoms with Crippen LogP contribution >= 0.6 is 11.3 Å². The number of nitrogens with one attached hydrogen (secondary N) is 1. The zero-order chi connectivity index (χ0) is 20.7. The number of para-hydroxylation sites is 2. The topological polar surface area (TPSA) is 91.4 Å². The average Bonchev–Trinajstić information content (AvgIpc) is 3.48. The van der Waals surface area contributed by atoms with E-state index in [-0.39, 0.29) is 5.91 Å². The van der Waals surface area contributed by atoms with Crippen molar-refractivity contribution in [3.05, 3.63) is 59.8 Å². The van der Waals surface area contributed by atoms with Gasteiger partial charge in [-0.1, -0.05) is 12.1 Å². The van der Waals surface area contributed by atoms with E-state index in [1.54, 1.807) is 30.0 Å². The molecule has 0 aliphatic carbocycles. The number of nitrogens with zero attached hydrogens (tertiary/aromatic N) is 3. The van der Waals surface area contributed by atoms with Crippen LogP contribution < -0.4 is 14.8 Å². The molecular weight excluding hydrogens is 404 g/mol. The van der Waals surface area contributed by atoms with E-state index in [4.69, 9.17) is 13.9 Å². The number of carbonyl (C=O) groups excluding carboxylic acids is 1. The van der Waals surface area contributed by atoms with Crippen LogP contribution in [0.15, 0.2) is 58.5 Å². The molecule has 4 aromatic rings. The van der Waals surface area contributed by atoms with Gasteiger partial charge in [0.2, 0.25) is 11.2 Å². The number of furan rings is 1. The number of carbonyl (C=O) groups is 1. The van der Waals surface area contributed by atoms with Crippen molar-refractivity contribution in [1.82, 2.24) is 14.8 Å². The fourth-order valence-electron chi connectivity index (χ4n) is 3.24. The summed E-state index contributed by atoms with van der Waals surface area (Å²) in [5.41, 5.74) is 1.46. The van der Waals surface area contributed by atoms with Gasteiger partial charge in [-0.3, -0.25) is 4.79 Å². The summed E-state index contributed by atoms with van der Waals surface area (Å²) < 4.78 is 18.7. The van der Waals surface area contributed by atoms with Gasteiger partial charge in [0.25, 0.3) is 5.91 Å². The Hall–Kier alpha value is -3.59. The third kappa shape index (κ3) is 3.33. The van der Waals surface area contributed by atoms with Crippen LogP contribution in [0.3, 0.4) is 0 Å². The maximum absolute atomic E-state index is 13.0. The summed E-state index contributed by atoms with van der Waals surface area (Å²) in [7, 11) is 0. The number of rotatable bonds is 4. The first kappa shape index (κ1) is 18.4. The molecule has 0 saturated carbocycles. The van der Waals surface area contributed by atoms with Crippen molar-refractivity contribution in [3.63, 3.8) is 0 Å². The van der Waals surface area contributed by atoms with E-state index in [0.29, 0.717) is 33.9 Å². The van der Waals surface area contributed by atoms with Gasteiger partial charge < -0.3 is 19.2 Å². The summed E-state index contributed by atoms with van der Waals surface area (Å²) in [5.74, 6) is 2.03. The zero-order valence-electron chi connectivity index (χ0n) is 16.2. The first-order valence-electron chi connectivity index (χ1n) is 9.38. The van der Waals surface area contributed by atoms with E-state index < -0.39 is 12.2 Å². The largest absolute Gasteiger partial charge is 0.482 e. The van der Waals surface area contributed by atoms with Gasteiger partial charge in [0, 0.05) is 11.4 Å². The Labute approximate surface area is 176 Å². The van der Waals surface area contributed by atoms with Crippen LogP contribution in [0.2, 0.25) is 0 Å². The first-order chi connectivity index (χ1) is 14.6. The Bertz CT molecular complexity index is 1200. The minimum atomic E-state index is -0.793. The lowest BCUT2D eigenvalue weighted by Crippen LogP contribution is -2.46. The van der Waals surface area contributed by atoms with Crippen molar-refractivity contribution in [2.24, 2.45) is 0 Å². The van der Waals surface area contributed by atoms with Gasteiger partial charge in [-0.25, -0.2) is 4.98 Å². The van der Waals surface area contributed by atoms with Crippen LogP contribution in [0.1, 0.15) is 12.6 Å². The molecule has 4 heterocycles. The lowest BCUT2D eigenvalue weighted by atomic mass is 10.1. The molecule has 0 saturated heterocycles. The second-order valence-electron chi connectivity index (χ2n) is 6.87. The van der Waals surface area contributed by atoms with Gasteiger partial charge in [-0.05, 0) is 38.1 Å². The normalized spacial score (nSPS) is 17.7. The number of aromatic nitrogens is 3. The van der Waals surface area contributed by atoms with Crippen LogP contribution in [0.25, 0.3) is 16.6 Å². The van der Waals surface area contributed by atoms with Gasteiger partial charge in [0.05, 0.1) is 12.0 Å². The minimum absolute atomic E-state index is 0.319. The smallest absolute Gasteiger partial charge is 0.270 e. The van der Waals surface area contributed by atoms with Gasteiger partial charge >= 0.3 is 0 Å². The molecule has 0 radical (unpaired) electrons. The van der Waals surface area contributed by atoms with E-state index >= 15 is 0 Å². The Morgan fingerprint density at radius 3 is 2.73 bits per heavy atom. The molecular formula is C21H18N4O4S. The zero-order valence-corrected chi connectivity index (χ0v) is 17.1. The molecule has 1 amide bonds. The molecule has 8 nitrogen and oxygen atoms in total. The fraction of sp³-hybridized carbons (Fsp3) is 0.190. The van der Waals surface area contributed by atoms with Crippen molar-refractivity contribution in [1.29, 1.82) is 0 Å². The monoisotopic (exact) mass is 422 g/mol. The number of aryl methyl sites for hydroxylation is 1. The lowest BCUT2D eigenvalue weighted by Gasteiger charge is -2.30. The summed E-state index contributed by atoms with van der Waals surface area (Å²) in [6.07, 6.45) is 0.366. The van der Waals surface area contributed by atoms with Crippen molar-refractivity contribution < 1.29 is 18.7 Å². The van der Waals surface area contributed by atoms with Crippen molar-refractivity contribution in [2.45, 2.75) is 26.1 Å². The van der Waals surface area contributed by atoms with E-state index in [1.165, 1.54) is 11.3 Å². The van der Waals surface area contributed by atoms with Crippen molar-refractivity contribution in [2.75, 3.05) is 5.32 Å². The molecule has 0 spiro atoms. The maximum atomic E-state index is 13.0. The van der Waals surface area contributed by atoms with Crippen LogP contribution in [0.4, 0.5) is 5.82 Å². The maximum Gasteiger partial charge on any atom is 0.270 e. The molecule has 1 aromatic carbocycles. The molecule has 30 heavy (non-hydrogen) atoms. The SMILES string of the molecule is Cc1cc(NC(=O)C2Oc3ccccc3OC2C)n(-c2nc(-c3ccco3)cs2)n1. The first-order valence-corrected chi connectivity index (χ1v) is 10.3. The highest BCUT2D eigenvalue weighted by Gasteiger charge is 2.34. The average molecular weight is 422 g/mol. The molecule has 1 aliphatic heterocycles. The third-order valence-corrected chi connectivity index (χ3v) is 5.45. The lowest BCUT2D eigenvalue weighted by molar-refractivity contribution is -0.128. The van der Waals surface area contributed by atoms with Gasteiger partial charge in [0.15, 0.2) is 17.3 Å². The second-order valence-corrected chi connectivity index (χ2v) is 7.71. The molecule has 3 aromatic heterocycles. The summed E-state index contributed by atoms with van der Waals surface area (Å²) in [6, 6.07) is 12.7. The van der Waals surface area contributed by atoms with Crippen LogP contribution in [0.5, 0.6) is 11.5 Å². The summed E-state index contributed by atoms with van der Waals surface area (Å²) in [5, 5.41) is 9.88. The summed E-state index contributed by atoms with van der Waals surface area (Å²) >= 11 is 1.40. The molecule has 0 fully saturated rings. The highest BCUT2D eigenvalue weighted by Crippen LogP contribution is 2.34. The molecule has 5 rings (SSSR count). The van der Waals surface area contributed by atoms with E-state index in [9.17, 15) is 4.79 Å². The number of anilines is 1. The summed E-state index contributed by atoms with van der Waals surface area (Å²) in [4.78, 5) is 17.6. The highest BCUT2D eigenvalue weighted by atomic mass is 32.1. The van der Waals surface area contributed by atoms with E-state index in [1.807, 2.05) is 42.6 Å². The quantitative estimate of drug-likeness (QED) is 0.533. The number of thiazole rings is 1. The number of amides is 1. The molecule has 1 aliphatic rings. The molecule has 2 unspecified atom stereocenters. The molecule has 2 atom stereocenters. The van der Waals surface area contributed by atoms with E-state index in [0.717, 1.165) is 5.69 Å². The Balaban J connectivity index is 1.39. The molecule has 0 bridgehead atoms. The Morgan fingerprint density at radius 2 is 1.97 bits per heavy atom. The number of benzene rings is 1. The van der Waals surface area contributed by atoms with E-state index in [2.05, 4.69) is 15.4 Å². The van der Waals surface area contributed by atoms with Gasteiger partial charge in [-0.2, -0.15) is 9.78 Å². The fourth-order valence-corrected chi connectivity index (χ4v) is 4.01. The van der Waals surface area contributed by atoms with Gasteiger partial charge in [0.1, 0.15) is 17.6 Å². The number of hydrogen-bond acceptors (Lipinski definition) is 7. The molecule has 152 valence electrons. The number of ether oxygens (including phenoxy) is 2. The third-order valence-electron chi connectivity index (χ3n) is 4.63. The number of hydrogen-bond donors (Lipinski definition) is 1. The van der Waals surface area contributed by atoms with Crippen LogP contribution in [-0.2, 0) is 4.79 Å². The Kier molecular flexibility index (Phi) is 4.51. The van der Waals surface area contributed by atoms with Crippen molar-refractivity contribution in [3.8, 4) is 28.1 Å². The van der Waals surface area contributed by atoms with Crippen LogP contribution in [-0.4, -0.2) is 32.9 Å². The van der Waals surface area contributed by atoms with Crippen LogP contribution in [0, 0.1) is 6.92 Å². The number of fused-ring (bicyclic) bond motifs is 1.